The number of aliphatic imine (C=N–C) groups is 1. The van der Waals surface area contributed by atoms with Crippen LogP contribution >= 0.6 is 24.0 Å². The smallest absolute Gasteiger partial charge is 0.251 e. The Balaban J connectivity index is 0.00000420. The predicted octanol–water partition coefficient (Wildman–Crippen LogP) is 2.64. The van der Waals surface area contributed by atoms with E-state index >= 15 is 0 Å². The molecule has 0 fully saturated rings. The highest BCUT2D eigenvalue weighted by Crippen LogP contribution is 2.19. The van der Waals surface area contributed by atoms with Gasteiger partial charge in [0, 0.05) is 31.1 Å². The van der Waals surface area contributed by atoms with Gasteiger partial charge in [0.15, 0.2) is 11.8 Å². The lowest BCUT2D eigenvalue weighted by atomic mass is 9.97. The Hall–Kier alpha value is -2.17. The van der Waals surface area contributed by atoms with Gasteiger partial charge in [0.2, 0.25) is 5.89 Å². The van der Waals surface area contributed by atoms with Crippen molar-refractivity contribution in [2.45, 2.75) is 46.1 Å². The highest BCUT2D eigenvalue weighted by atomic mass is 127. The maximum Gasteiger partial charge on any atom is 0.251 e. The number of guanidine groups is 1. The molecule has 0 aliphatic heterocycles. The van der Waals surface area contributed by atoms with Gasteiger partial charge < -0.3 is 20.5 Å². The third-order valence-corrected chi connectivity index (χ3v) is 3.95. The molecule has 2 aromatic rings. The first-order valence-corrected chi connectivity index (χ1v) is 9.49. The molecule has 1 aromatic carbocycles. The molecule has 0 radical (unpaired) electrons. The molecule has 0 aliphatic rings. The summed E-state index contributed by atoms with van der Waals surface area (Å²) in [5.41, 5.74) is 1.56. The van der Waals surface area contributed by atoms with Crippen LogP contribution in [0.2, 0.25) is 0 Å². The van der Waals surface area contributed by atoms with Crippen LogP contribution in [0.15, 0.2) is 33.8 Å². The summed E-state index contributed by atoms with van der Waals surface area (Å²) < 4.78 is 5.30. The number of nitrogens with one attached hydrogen (secondary N) is 3. The van der Waals surface area contributed by atoms with Crippen LogP contribution in [-0.4, -0.2) is 42.1 Å². The third-order valence-electron chi connectivity index (χ3n) is 3.95. The minimum Gasteiger partial charge on any atom is -0.357 e. The van der Waals surface area contributed by atoms with Crippen molar-refractivity contribution >= 4 is 35.8 Å². The molecule has 0 unspecified atom stereocenters. The van der Waals surface area contributed by atoms with Crippen LogP contribution in [0.4, 0.5) is 0 Å². The number of hydrogen-bond acceptors (Lipinski definition) is 5. The van der Waals surface area contributed by atoms with E-state index < -0.39 is 0 Å². The fourth-order valence-corrected chi connectivity index (χ4v) is 2.45. The molecular weight excluding hydrogens is 483 g/mol. The number of aromatic nitrogens is 2. The second kappa shape index (κ2) is 11.7. The lowest BCUT2D eigenvalue weighted by Crippen LogP contribution is -2.38. The molecule has 29 heavy (non-hydrogen) atoms. The van der Waals surface area contributed by atoms with E-state index in [2.05, 4.69) is 31.1 Å². The lowest BCUT2D eigenvalue weighted by Gasteiger charge is -2.11. The molecule has 1 amide bonds. The van der Waals surface area contributed by atoms with Gasteiger partial charge in [-0.05, 0) is 31.0 Å². The van der Waals surface area contributed by atoms with Crippen LogP contribution in [0.1, 0.15) is 55.3 Å². The first-order chi connectivity index (χ1) is 13.3. The summed E-state index contributed by atoms with van der Waals surface area (Å²) in [6.45, 7) is 9.85. The average Bonchev–Trinajstić information content (AvgIpc) is 3.15. The van der Waals surface area contributed by atoms with Crippen molar-refractivity contribution < 1.29 is 9.32 Å². The van der Waals surface area contributed by atoms with Crippen molar-refractivity contribution in [2.24, 2.45) is 4.99 Å². The summed E-state index contributed by atoms with van der Waals surface area (Å²) in [5.74, 6) is 1.76. The number of rotatable bonds is 7. The summed E-state index contributed by atoms with van der Waals surface area (Å²) in [6.07, 6.45) is 0.769. The molecule has 9 heteroatoms. The molecule has 160 valence electrons. The highest BCUT2D eigenvalue weighted by Gasteiger charge is 2.21. The van der Waals surface area contributed by atoms with Crippen molar-refractivity contribution in [1.82, 2.24) is 26.1 Å². The summed E-state index contributed by atoms with van der Waals surface area (Å²) in [7, 11) is 1.63. The van der Waals surface area contributed by atoms with Crippen molar-refractivity contribution in [3.8, 4) is 0 Å². The van der Waals surface area contributed by atoms with Crippen LogP contribution < -0.4 is 16.0 Å². The topological polar surface area (TPSA) is 104 Å². The van der Waals surface area contributed by atoms with E-state index in [1.165, 1.54) is 0 Å². The normalized spacial score (nSPS) is 11.6. The van der Waals surface area contributed by atoms with Crippen molar-refractivity contribution in [3.63, 3.8) is 0 Å². The molecule has 0 spiro atoms. The van der Waals surface area contributed by atoms with E-state index in [0.717, 1.165) is 18.5 Å². The van der Waals surface area contributed by atoms with E-state index in [0.29, 0.717) is 36.3 Å². The largest absolute Gasteiger partial charge is 0.357 e. The van der Waals surface area contributed by atoms with Gasteiger partial charge in [-0.3, -0.25) is 4.79 Å². The Morgan fingerprint density at radius 3 is 2.62 bits per heavy atom. The van der Waals surface area contributed by atoms with Crippen molar-refractivity contribution in [1.29, 1.82) is 0 Å². The Labute approximate surface area is 189 Å². The molecule has 2 rings (SSSR count). The first-order valence-electron chi connectivity index (χ1n) is 9.49. The zero-order chi connectivity index (χ0) is 20.6. The molecule has 1 aromatic heterocycles. The molecule has 1 heterocycles. The van der Waals surface area contributed by atoms with Crippen LogP contribution in [-0.2, 0) is 18.4 Å². The van der Waals surface area contributed by atoms with E-state index in [1.54, 1.807) is 13.1 Å². The molecule has 0 atom stereocenters. The van der Waals surface area contributed by atoms with Gasteiger partial charge in [-0.1, -0.05) is 38.1 Å². The van der Waals surface area contributed by atoms with E-state index in [9.17, 15) is 4.79 Å². The third kappa shape index (κ3) is 8.00. The maximum absolute atomic E-state index is 11.7. The first kappa shape index (κ1) is 24.9. The Bertz CT molecular complexity index is 813. The molecular formula is C20H31IN6O2. The molecule has 8 nitrogen and oxygen atoms in total. The van der Waals surface area contributed by atoms with Gasteiger partial charge in [-0.2, -0.15) is 4.98 Å². The summed E-state index contributed by atoms with van der Waals surface area (Å²) >= 11 is 0. The zero-order valence-electron chi connectivity index (χ0n) is 17.7. The molecule has 0 saturated heterocycles. The maximum atomic E-state index is 11.7. The van der Waals surface area contributed by atoms with E-state index in [-0.39, 0.29) is 35.3 Å². The number of halogens is 1. The Morgan fingerprint density at radius 1 is 1.24 bits per heavy atom. The van der Waals surface area contributed by atoms with Crippen LogP contribution in [0.3, 0.4) is 0 Å². The highest BCUT2D eigenvalue weighted by molar-refractivity contribution is 14.0. The van der Waals surface area contributed by atoms with E-state index in [4.69, 9.17) is 4.52 Å². The summed E-state index contributed by atoms with van der Waals surface area (Å²) in [4.78, 5) is 20.7. The number of nitrogens with zero attached hydrogens (tertiary/aromatic N) is 3. The Morgan fingerprint density at radius 2 is 2.00 bits per heavy atom. The molecule has 0 saturated carbocycles. The fraction of sp³-hybridized carbons (Fsp3) is 0.500. The average molecular weight is 514 g/mol. The van der Waals surface area contributed by atoms with Gasteiger partial charge in [0.25, 0.3) is 5.91 Å². The van der Waals surface area contributed by atoms with Crippen LogP contribution in [0.5, 0.6) is 0 Å². The molecule has 0 aliphatic carbocycles. The number of hydrogen-bond donors (Lipinski definition) is 3. The number of carbonyl (C=O) groups excluding carboxylic acids is 1. The fourth-order valence-electron chi connectivity index (χ4n) is 2.45. The van der Waals surface area contributed by atoms with E-state index in [1.807, 2.05) is 45.9 Å². The SMILES string of the molecule is CCNC(=NCc1noc(C(C)(C)C)n1)NCCc1cccc(C(=O)NC)c1.I. The van der Waals surface area contributed by atoms with Crippen LogP contribution in [0.25, 0.3) is 0 Å². The van der Waals surface area contributed by atoms with Gasteiger partial charge in [-0.25, -0.2) is 4.99 Å². The van der Waals surface area contributed by atoms with Crippen molar-refractivity contribution in [2.75, 3.05) is 20.1 Å². The number of amides is 1. The lowest BCUT2D eigenvalue weighted by molar-refractivity contribution is 0.0963. The quantitative estimate of drug-likeness (QED) is 0.298. The molecule has 0 bridgehead atoms. The van der Waals surface area contributed by atoms with Gasteiger partial charge in [-0.15, -0.1) is 24.0 Å². The predicted molar refractivity (Wildman–Crippen MR) is 125 cm³/mol. The number of carbonyl (C=O) groups is 1. The van der Waals surface area contributed by atoms with Crippen molar-refractivity contribution in [3.05, 3.63) is 47.1 Å². The number of benzene rings is 1. The van der Waals surface area contributed by atoms with Gasteiger partial charge in [0.1, 0.15) is 6.54 Å². The summed E-state index contributed by atoms with van der Waals surface area (Å²) in [6, 6.07) is 7.60. The standard InChI is InChI=1S/C20H30N6O2.HI/c1-6-22-19(24-13-16-25-18(28-26-16)20(2,3)4)23-11-10-14-8-7-9-15(12-14)17(27)21-5;/h7-9,12H,6,10-11,13H2,1-5H3,(H,21,27)(H2,22,23,24);1H. The van der Waals surface area contributed by atoms with Gasteiger partial charge >= 0.3 is 0 Å². The Kier molecular flexibility index (Phi) is 10.1. The summed E-state index contributed by atoms with van der Waals surface area (Å²) in [5, 5.41) is 13.1. The second-order valence-electron chi connectivity index (χ2n) is 7.42. The zero-order valence-corrected chi connectivity index (χ0v) is 20.0. The van der Waals surface area contributed by atoms with Gasteiger partial charge in [0.05, 0.1) is 0 Å². The minimum absolute atomic E-state index is 0. The molecule has 3 N–H and O–H groups in total. The second-order valence-corrected chi connectivity index (χ2v) is 7.42. The van der Waals surface area contributed by atoms with Crippen LogP contribution in [0, 0.1) is 0 Å². The minimum atomic E-state index is -0.180. The monoisotopic (exact) mass is 514 g/mol.